The molecule has 3 nitrogen and oxygen atoms in total. The predicted octanol–water partition coefficient (Wildman–Crippen LogP) is 2.68. The summed E-state index contributed by atoms with van der Waals surface area (Å²) in [5.74, 6) is 0. The van der Waals surface area contributed by atoms with E-state index in [4.69, 9.17) is 0 Å². The van der Waals surface area contributed by atoms with Crippen LogP contribution in [0.2, 0.25) is 0 Å². The molecule has 0 bridgehead atoms. The third-order valence-corrected chi connectivity index (χ3v) is 3.31. The van der Waals surface area contributed by atoms with Crippen LogP contribution in [0.1, 0.15) is 39.2 Å². The lowest BCUT2D eigenvalue weighted by molar-refractivity contribution is 0.206. The SMILES string of the molecule is CCCCNCC(C)N(CC)Cc1ccncc1. The Morgan fingerprint density at radius 2 is 2.00 bits per heavy atom. The monoisotopic (exact) mass is 249 g/mol. The molecule has 3 heteroatoms. The Morgan fingerprint density at radius 1 is 1.28 bits per heavy atom. The number of aromatic nitrogens is 1. The van der Waals surface area contributed by atoms with Crippen LogP contribution in [0.5, 0.6) is 0 Å². The lowest BCUT2D eigenvalue weighted by Crippen LogP contribution is -2.40. The molecule has 1 rings (SSSR count). The Balaban J connectivity index is 2.35. The maximum absolute atomic E-state index is 4.06. The van der Waals surface area contributed by atoms with Crippen molar-refractivity contribution in [1.82, 2.24) is 15.2 Å². The van der Waals surface area contributed by atoms with Gasteiger partial charge in [0.25, 0.3) is 0 Å². The molecule has 0 aliphatic heterocycles. The molecule has 0 aliphatic rings. The van der Waals surface area contributed by atoms with Crippen LogP contribution in [-0.2, 0) is 6.54 Å². The van der Waals surface area contributed by atoms with Crippen molar-refractivity contribution in [2.75, 3.05) is 19.6 Å². The molecule has 1 aromatic rings. The van der Waals surface area contributed by atoms with E-state index >= 15 is 0 Å². The van der Waals surface area contributed by atoms with Crippen molar-refractivity contribution in [2.24, 2.45) is 0 Å². The third-order valence-electron chi connectivity index (χ3n) is 3.31. The van der Waals surface area contributed by atoms with E-state index in [1.165, 1.54) is 18.4 Å². The zero-order valence-electron chi connectivity index (χ0n) is 12.0. The standard InChI is InChI=1S/C15H27N3/c1-4-6-9-17-12-14(3)18(5-2)13-15-7-10-16-11-8-15/h7-8,10-11,14,17H,4-6,9,12-13H2,1-3H3. The van der Waals surface area contributed by atoms with Gasteiger partial charge in [0.15, 0.2) is 0 Å². The lowest BCUT2D eigenvalue weighted by atomic mass is 10.2. The molecule has 0 saturated heterocycles. The molecule has 18 heavy (non-hydrogen) atoms. The lowest BCUT2D eigenvalue weighted by Gasteiger charge is -2.28. The molecular weight excluding hydrogens is 222 g/mol. The van der Waals surface area contributed by atoms with Crippen molar-refractivity contribution in [3.8, 4) is 0 Å². The minimum atomic E-state index is 0.569. The highest BCUT2D eigenvalue weighted by Gasteiger charge is 2.11. The first-order valence-electron chi connectivity index (χ1n) is 7.11. The van der Waals surface area contributed by atoms with Gasteiger partial charge in [-0.2, -0.15) is 0 Å². The van der Waals surface area contributed by atoms with E-state index in [-0.39, 0.29) is 0 Å². The summed E-state index contributed by atoms with van der Waals surface area (Å²) in [6.07, 6.45) is 6.26. The van der Waals surface area contributed by atoms with Crippen molar-refractivity contribution in [3.63, 3.8) is 0 Å². The molecule has 0 fully saturated rings. The summed E-state index contributed by atoms with van der Waals surface area (Å²) in [7, 11) is 0. The number of rotatable bonds is 9. The van der Waals surface area contributed by atoms with Gasteiger partial charge in [0.2, 0.25) is 0 Å². The summed E-state index contributed by atoms with van der Waals surface area (Å²) in [5, 5.41) is 3.53. The van der Waals surface area contributed by atoms with Crippen LogP contribution in [0.3, 0.4) is 0 Å². The van der Waals surface area contributed by atoms with Crippen LogP contribution in [-0.4, -0.2) is 35.6 Å². The van der Waals surface area contributed by atoms with Crippen LogP contribution in [0.15, 0.2) is 24.5 Å². The second-order valence-electron chi connectivity index (χ2n) is 4.83. The predicted molar refractivity (Wildman–Crippen MR) is 77.6 cm³/mol. The Morgan fingerprint density at radius 3 is 2.61 bits per heavy atom. The van der Waals surface area contributed by atoms with Crippen LogP contribution < -0.4 is 5.32 Å². The normalized spacial score (nSPS) is 12.9. The van der Waals surface area contributed by atoms with E-state index in [1.54, 1.807) is 0 Å². The van der Waals surface area contributed by atoms with E-state index in [2.05, 4.69) is 48.1 Å². The maximum Gasteiger partial charge on any atom is 0.0271 e. The molecular formula is C15H27N3. The Labute approximate surface area is 112 Å². The topological polar surface area (TPSA) is 28.2 Å². The largest absolute Gasteiger partial charge is 0.315 e. The number of hydrogen-bond donors (Lipinski definition) is 1. The molecule has 0 aromatic carbocycles. The van der Waals surface area contributed by atoms with Gasteiger partial charge in [0.1, 0.15) is 0 Å². The number of nitrogens with zero attached hydrogens (tertiary/aromatic N) is 2. The van der Waals surface area contributed by atoms with E-state index < -0.39 is 0 Å². The summed E-state index contributed by atoms with van der Waals surface area (Å²) >= 11 is 0. The average Bonchev–Trinajstić information content (AvgIpc) is 2.42. The van der Waals surface area contributed by atoms with Gasteiger partial charge < -0.3 is 5.32 Å². The molecule has 0 amide bonds. The molecule has 102 valence electrons. The summed E-state index contributed by atoms with van der Waals surface area (Å²) in [4.78, 5) is 6.56. The molecule has 0 radical (unpaired) electrons. The van der Waals surface area contributed by atoms with Crippen molar-refractivity contribution in [1.29, 1.82) is 0 Å². The van der Waals surface area contributed by atoms with Gasteiger partial charge in [0.05, 0.1) is 0 Å². The number of pyridine rings is 1. The smallest absolute Gasteiger partial charge is 0.0271 e. The van der Waals surface area contributed by atoms with Gasteiger partial charge in [-0.25, -0.2) is 0 Å². The first-order valence-corrected chi connectivity index (χ1v) is 7.11. The fraction of sp³-hybridized carbons (Fsp3) is 0.667. The molecule has 1 atom stereocenters. The van der Waals surface area contributed by atoms with E-state index in [9.17, 15) is 0 Å². The zero-order chi connectivity index (χ0) is 13.2. The van der Waals surface area contributed by atoms with Crippen molar-refractivity contribution in [3.05, 3.63) is 30.1 Å². The van der Waals surface area contributed by atoms with Gasteiger partial charge >= 0.3 is 0 Å². The van der Waals surface area contributed by atoms with Crippen LogP contribution in [0.4, 0.5) is 0 Å². The fourth-order valence-electron chi connectivity index (χ4n) is 2.04. The number of nitrogens with one attached hydrogen (secondary N) is 1. The molecule has 1 N–H and O–H groups in total. The molecule has 1 unspecified atom stereocenters. The van der Waals surface area contributed by atoms with Crippen molar-refractivity contribution >= 4 is 0 Å². The van der Waals surface area contributed by atoms with E-state index in [1.807, 2.05) is 12.4 Å². The highest BCUT2D eigenvalue weighted by molar-refractivity contribution is 5.09. The zero-order valence-corrected chi connectivity index (χ0v) is 12.0. The number of unbranched alkanes of at least 4 members (excludes halogenated alkanes) is 1. The first-order chi connectivity index (χ1) is 8.77. The van der Waals surface area contributed by atoms with Gasteiger partial charge in [-0.3, -0.25) is 9.88 Å². The van der Waals surface area contributed by atoms with Crippen molar-refractivity contribution < 1.29 is 0 Å². The highest BCUT2D eigenvalue weighted by atomic mass is 15.2. The second kappa shape index (κ2) is 9.06. The molecule has 1 heterocycles. The minimum Gasteiger partial charge on any atom is -0.315 e. The van der Waals surface area contributed by atoms with E-state index in [0.29, 0.717) is 6.04 Å². The van der Waals surface area contributed by atoms with Crippen LogP contribution >= 0.6 is 0 Å². The van der Waals surface area contributed by atoms with Crippen LogP contribution in [0, 0.1) is 0 Å². The Hall–Kier alpha value is -0.930. The quantitative estimate of drug-likeness (QED) is 0.682. The van der Waals surface area contributed by atoms with Gasteiger partial charge in [-0.15, -0.1) is 0 Å². The molecule has 0 saturated carbocycles. The van der Waals surface area contributed by atoms with Gasteiger partial charge in [0, 0.05) is 31.5 Å². The molecule has 0 aliphatic carbocycles. The number of hydrogen-bond acceptors (Lipinski definition) is 3. The summed E-state index contributed by atoms with van der Waals surface area (Å²) in [6, 6.07) is 4.76. The van der Waals surface area contributed by atoms with Gasteiger partial charge in [-0.05, 0) is 44.1 Å². The Bertz CT molecular complexity index is 300. The van der Waals surface area contributed by atoms with Crippen molar-refractivity contribution in [2.45, 2.75) is 46.2 Å². The number of likely N-dealkylation sites (N-methyl/N-ethyl adjacent to an activating group) is 1. The average molecular weight is 249 g/mol. The van der Waals surface area contributed by atoms with E-state index in [0.717, 1.165) is 26.2 Å². The molecule has 0 spiro atoms. The summed E-state index contributed by atoms with van der Waals surface area (Å²) in [5.41, 5.74) is 1.34. The summed E-state index contributed by atoms with van der Waals surface area (Å²) < 4.78 is 0. The highest BCUT2D eigenvalue weighted by Crippen LogP contribution is 2.06. The first kappa shape index (κ1) is 15.1. The minimum absolute atomic E-state index is 0.569. The molecule has 1 aromatic heterocycles. The second-order valence-corrected chi connectivity index (χ2v) is 4.83. The summed E-state index contributed by atoms with van der Waals surface area (Å²) in [6.45, 7) is 11.0. The Kier molecular flexibility index (Phi) is 7.62. The third kappa shape index (κ3) is 5.61. The van der Waals surface area contributed by atoms with Gasteiger partial charge in [-0.1, -0.05) is 20.3 Å². The van der Waals surface area contributed by atoms with Crippen LogP contribution in [0.25, 0.3) is 0 Å². The maximum atomic E-state index is 4.06. The fourth-order valence-corrected chi connectivity index (χ4v) is 2.04.